The van der Waals surface area contributed by atoms with Crippen LogP contribution in [0.2, 0.25) is 0 Å². The molecule has 0 aromatic heterocycles. The highest BCUT2D eigenvalue weighted by molar-refractivity contribution is 6.01. The fourth-order valence-corrected chi connectivity index (χ4v) is 3.23. The zero-order valence-electron chi connectivity index (χ0n) is 16.4. The summed E-state index contributed by atoms with van der Waals surface area (Å²) in [6.07, 6.45) is 1.46. The van der Waals surface area contributed by atoms with Gasteiger partial charge in [0, 0.05) is 30.0 Å². The summed E-state index contributed by atoms with van der Waals surface area (Å²) in [5.74, 6) is 0.138. The average Bonchev–Trinajstić information content (AvgIpc) is 3.02. The summed E-state index contributed by atoms with van der Waals surface area (Å²) in [6, 6.07) is 13.2. The molecule has 1 aliphatic heterocycles. The van der Waals surface area contributed by atoms with Gasteiger partial charge in [-0.3, -0.25) is 4.79 Å². The predicted octanol–water partition coefficient (Wildman–Crippen LogP) is 5.06. The van der Waals surface area contributed by atoms with Gasteiger partial charge in [0.15, 0.2) is 0 Å². The number of nitrogens with one attached hydrogen (secondary N) is 2. The second-order valence-electron chi connectivity index (χ2n) is 8.06. The lowest BCUT2D eigenvalue weighted by Crippen LogP contribution is -2.25. The number of aryl methyl sites for hydroxylation is 1. The normalized spacial score (nSPS) is 14.4. The van der Waals surface area contributed by atoms with E-state index >= 15 is 0 Å². The average molecular weight is 365 g/mol. The standard InChI is InChI=1S/C22H27N3O2/c1-15-7-10-18(14-19(15)25-13-5-6-20(25)26)24-21(27)23-17-11-8-16(9-12-17)22(2,3)4/h7-12,14H,5-6,13H2,1-4H3,(H2,23,24,27). The van der Waals surface area contributed by atoms with E-state index in [0.717, 1.165) is 29.9 Å². The van der Waals surface area contributed by atoms with Gasteiger partial charge in [0.2, 0.25) is 5.91 Å². The lowest BCUT2D eigenvalue weighted by molar-refractivity contribution is -0.117. The van der Waals surface area contributed by atoms with Gasteiger partial charge in [-0.1, -0.05) is 39.0 Å². The van der Waals surface area contributed by atoms with Crippen molar-refractivity contribution in [1.82, 2.24) is 0 Å². The number of carbonyl (C=O) groups excluding carboxylic acids is 2. The van der Waals surface area contributed by atoms with E-state index in [1.165, 1.54) is 5.56 Å². The van der Waals surface area contributed by atoms with Crippen molar-refractivity contribution in [3.05, 3.63) is 53.6 Å². The molecule has 0 bridgehead atoms. The number of anilines is 3. The molecule has 2 aromatic rings. The van der Waals surface area contributed by atoms with Gasteiger partial charge < -0.3 is 15.5 Å². The first-order valence-electron chi connectivity index (χ1n) is 9.33. The Balaban J connectivity index is 1.68. The SMILES string of the molecule is Cc1ccc(NC(=O)Nc2ccc(C(C)(C)C)cc2)cc1N1CCCC1=O. The van der Waals surface area contributed by atoms with Gasteiger partial charge in [-0.15, -0.1) is 0 Å². The largest absolute Gasteiger partial charge is 0.323 e. The van der Waals surface area contributed by atoms with Gasteiger partial charge in [0.05, 0.1) is 0 Å². The maximum Gasteiger partial charge on any atom is 0.323 e. The molecule has 142 valence electrons. The van der Waals surface area contributed by atoms with Gasteiger partial charge in [-0.25, -0.2) is 4.79 Å². The van der Waals surface area contributed by atoms with Crippen molar-refractivity contribution in [1.29, 1.82) is 0 Å². The fourth-order valence-electron chi connectivity index (χ4n) is 3.23. The van der Waals surface area contributed by atoms with Crippen molar-refractivity contribution in [3.8, 4) is 0 Å². The van der Waals surface area contributed by atoms with Crippen LogP contribution < -0.4 is 15.5 Å². The first-order chi connectivity index (χ1) is 12.7. The summed E-state index contributed by atoms with van der Waals surface area (Å²) in [4.78, 5) is 26.2. The third kappa shape index (κ3) is 4.48. The fraction of sp³-hybridized carbons (Fsp3) is 0.364. The quantitative estimate of drug-likeness (QED) is 0.798. The number of nitrogens with zero attached hydrogens (tertiary/aromatic N) is 1. The Morgan fingerprint density at radius 1 is 1.00 bits per heavy atom. The van der Waals surface area contributed by atoms with Crippen LogP contribution in [0.1, 0.15) is 44.7 Å². The van der Waals surface area contributed by atoms with Crippen LogP contribution in [0.4, 0.5) is 21.9 Å². The minimum absolute atomic E-state index is 0.0755. The van der Waals surface area contributed by atoms with Crippen molar-refractivity contribution >= 4 is 29.0 Å². The van der Waals surface area contributed by atoms with E-state index in [4.69, 9.17) is 0 Å². The first kappa shape index (κ1) is 19.0. The summed E-state index contributed by atoms with van der Waals surface area (Å²) in [5, 5.41) is 5.70. The predicted molar refractivity (Wildman–Crippen MR) is 111 cm³/mol. The highest BCUT2D eigenvalue weighted by Gasteiger charge is 2.23. The summed E-state index contributed by atoms with van der Waals surface area (Å²) in [6.45, 7) is 9.17. The Bertz CT molecular complexity index is 851. The van der Waals surface area contributed by atoms with E-state index in [-0.39, 0.29) is 17.4 Å². The van der Waals surface area contributed by atoms with Crippen LogP contribution in [-0.2, 0) is 10.2 Å². The Kier molecular flexibility index (Phi) is 5.22. The molecule has 0 spiro atoms. The van der Waals surface area contributed by atoms with Gasteiger partial charge in [0.1, 0.15) is 0 Å². The third-order valence-electron chi connectivity index (χ3n) is 4.84. The molecule has 3 amide bonds. The summed E-state index contributed by atoms with van der Waals surface area (Å²) >= 11 is 0. The third-order valence-corrected chi connectivity index (χ3v) is 4.84. The van der Waals surface area contributed by atoms with Crippen molar-refractivity contribution in [2.75, 3.05) is 22.1 Å². The molecule has 27 heavy (non-hydrogen) atoms. The molecular formula is C22H27N3O2. The highest BCUT2D eigenvalue weighted by Crippen LogP contribution is 2.28. The lowest BCUT2D eigenvalue weighted by Gasteiger charge is -2.20. The van der Waals surface area contributed by atoms with Gasteiger partial charge >= 0.3 is 6.03 Å². The van der Waals surface area contributed by atoms with Crippen LogP contribution in [0.5, 0.6) is 0 Å². The smallest absolute Gasteiger partial charge is 0.312 e. The van der Waals surface area contributed by atoms with E-state index < -0.39 is 0 Å². The van der Waals surface area contributed by atoms with Crippen molar-refractivity contribution in [2.45, 2.75) is 46.0 Å². The number of benzene rings is 2. The number of urea groups is 1. The van der Waals surface area contributed by atoms with Crippen LogP contribution >= 0.6 is 0 Å². The molecule has 1 saturated heterocycles. The summed E-state index contributed by atoms with van der Waals surface area (Å²) in [5.41, 5.74) is 4.58. The number of hydrogen-bond donors (Lipinski definition) is 2. The molecule has 1 aliphatic rings. The number of rotatable bonds is 3. The van der Waals surface area contributed by atoms with Crippen molar-refractivity contribution < 1.29 is 9.59 Å². The zero-order chi connectivity index (χ0) is 19.6. The molecular weight excluding hydrogens is 338 g/mol. The minimum atomic E-state index is -0.305. The lowest BCUT2D eigenvalue weighted by atomic mass is 9.87. The van der Waals surface area contributed by atoms with Crippen LogP contribution in [0.15, 0.2) is 42.5 Å². The Hall–Kier alpha value is -2.82. The van der Waals surface area contributed by atoms with Crippen LogP contribution in [-0.4, -0.2) is 18.5 Å². The maximum absolute atomic E-state index is 12.3. The molecule has 5 heteroatoms. The zero-order valence-corrected chi connectivity index (χ0v) is 16.4. The molecule has 2 aromatic carbocycles. The topological polar surface area (TPSA) is 61.4 Å². The highest BCUT2D eigenvalue weighted by atomic mass is 16.2. The van der Waals surface area contributed by atoms with Gasteiger partial charge in [-0.2, -0.15) is 0 Å². The van der Waals surface area contributed by atoms with Crippen LogP contribution in [0.3, 0.4) is 0 Å². The van der Waals surface area contributed by atoms with Crippen molar-refractivity contribution in [3.63, 3.8) is 0 Å². The second kappa shape index (κ2) is 7.43. The van der Waals surface area contributed by atoms with Crippen molar-refractivity contribution in [2.24, 2.45) is 0 Å². The Morgan fingerprint density at radius 2 is 1.63 bits per heavy atom. The summed E-state index contributed by atoms with van der Waals surface area (Å²) < 4.78 is 0. The molecule has 1 heterocycles. The molecule has 0 unspecified atom stereocenters. The van der Waals surface area contributed by atoms with Gasteiger partial charge in [-0.05, 0) is 54.2 Å². The number of carbonyl (C=O) groups is 2. The van der Waals surface area contributed by atoms with E-state index in [9.17, 15) is 9.59 Å². The minimum Gasteiger partial charge on any atom is -0.312 e. The maximum atomic E-state index is 12.3. The number of hydrogen-bond acceptors (Lipinski definition) is 2. The molecule has 0 saturated carbocycles. The molecule has 0 radical (unpaired) electrons. The molecule has 1 fully saturated rings. The molecule has 3 rings (SSSR count). The molecule has 0 aliphatic carbocycles. The van der Waals surface area contributed by atoms with Crippen LogP contribution in [0.25, 0.3) is 0 Å². The van der Waals surface area contributed by atoms with E-state index in [1.807, 2.05) is 49.4 Å². The van der Waals surface area contributed by atoms with E-state index in [0.29, 0.717) is 12.1 Å². The monoisotopic (exact) mass is 365 g/mol. The Labute approximate surface area is 160 Å². The second-order valence-corrected chi connectivity index (χ2v) is 8.06. The first-order valence-corrected chi connectivity index (χ1v) is 9.33. The summed E-state index contributed by atoms with van der Waals surface area (Å²) in [7, 11) is 0. The molecule has 0 atom stereocenters. The Morgan fingerprint density at radius 3 is 2.22 bits per heavy atom. The number of amides is 3. The molecule has 2 N–H and O–H groups in total. The van der Waals surface area contributed by atoms with Crippen LogP contribution in [0, 0.1) is 6.92 Å². The van der Waals surface area contributed by atoms with Gasteiger partial charge in [0.25, 0.3) is 0 Å². The van der Waals surface area contributed by atoms with E-state index in [2.05, 4.69) is 31.4 Å². The molecule has 5 nitrogen and oxygen atoms in total. The van der Waals surface area contributed by atoms with E-state index in [1.54, 1.807) is 4.90 Å².